The summed E-state index contributed by atoms with van der Waals surface area (Å²) < 4.78 is 27.2. The van der Waals surface area contributed by atoms with E-state index in [1.807, 2.05) is 20.0 Å². The highest BCUT2D eigenvalue weighted by atomic mass is 32.2. The maximum atomic E-state index is 12.3. The number of rotatable bonds is 9. The third-order valence-electron chi connectivity index (χ3n) is 3.71. The maximum absolute atomic E-state index is 12.3. The summed E-state index contributed by atoms with van der Waals surface area (Å²) in [7, 11) is -1.37. The van der Waals surface area contributed by atoms with Gasteiger partial charge >= 0.3 is 0 Å². The molecule has 0 aromatic heterocycles. The molecule has 1 saturated carbocycles. The van der Waals surface area contributed by atoms with Crippen molar-refractivity contribution >= 4 is 10.0 Å². The van der Waals surface area contributed by atoms with E-state index < -0.39 is 10.0 Å². The molecule has 1 aromatic carbocycles. The molecule has 0 spiro atoms. The number of nitrogens with one attached hydrogen (secondary N) is 2. The van der Waals surface area contributed by atoms with E-state index in [-0.39, 0.29) is 0 Å². The highest BCUT2D eigenvalue weighted by molar-refractivity contribution is 7.89. The molecule has 21 heavy (non-hydrogen) atoms. The van der Waals surface area contributed by atoms with Crippen molar-refractivity contribution in [1.82, 2.24) is 14.9 Å². The Hall–Kier alpha value is -0.950. The number of hydrogen-bond donors (Lipinski definition) is 2. The van der Waals surface area contributed by atoms with Crippen molar-refractivity contribution in [2.24, 2.45) is 0 Å². The topological polar surface area (TPSA) is 61.4 Å². The van der Waals surface area contributed by atoms with Crippen LogP contribution in [0.25, 0.3) is 0 Å². The zero-order valence-electron chi connectivity index (χ0n) is 12.8. The molecule has 0 atom stereocenters. The van der Waals surface area contributed by atoms with Crippen molar-refractivity contribution in [3.05, 3.63) is 29.8 Å². The Morgan fingerprint density at radius 2 is 2.10 bits per heavy atom. The molecule has 1 aliphatic carbocycles. The van der Waals surface area contributed by atoms with Crippen LogP contribution in [0.3, 0.4) is 0 Å². The van der Waals surface area contributed by atoms with E-state index in [0.29, 0.717) is 24.0 Å². The fourth-order valence-corrected chi connectivity index (χ4v) is 3.32. The minimum Gasteiger partial charge on any atom is -0.313 e. The second kappa shape index (κ2) is 7.35. The van der Waals surface area contributed by atoms with Gasteiger partial charge in [0.25, 0.3) is 0 Å². The molecular formula is C15H25N3O2S. The molecule has 0 radical (unpaired) electrons. The average molecular weight is 311 g/mol. The van der Waals surface area contributed by atoms with Gasteiger partial charge in [-0.3, -0.25) is 0 Å². The van der Waals surface area contributed by atoms with Crippen LogP contribution in [-0.4, -0.2) is 46.0 Å². The predicted molar refractivity (Wildman–Crippen MR) is 84.7 cm³/mol. The van der Waals surface area contributed by atoms with Gasteiger partial charge in [-0.1, -0.05) is 19.1 Å². The zero-order chi connectivity index (χ0) is 15.3. The van der Waals surface area contributed by atoms with Gasteiger partial charge in [0, 0.05) is 25.7 Å². The van der Waals surface area contributed by atoms with E-state index in [2.05, 4.69) is 14.9 Å². The lowest BCUT2D eigenvalue weighted by atomic mass is 10.2. The van der Waals surface area contributed by atoms with Crippen LogP contribution in [0.5, 0.6) is 0 Å². The SMILES string of the molecule is CCNCc1cccc(S(=O)(=O)NCCN(C)C2CC2)c1. The number of nitrogens with zero attached hydrogens (tertiary/aromatic N) is 1. The van der Waals surface area contributed by atoms with E-state index in [0.717, 1.165) is 18.7 Å². The van der Waals surface area contributed by atoms with Crippen LogP contribution >= 0.6 is 0 Å². The van der Waals surface area contributed by atoms with E-state index in [1.165, 1.54) is 12.8 Å². The summed E-state index contributed by atoms with van der Waals surface area (Å²) >= 11 is 0. The molecule has 0 saturated heterocycles. The third-order valence-corrected chi connectivity index (χ3v) is 5.17. The lowest BCUT2D eigenvalue weighted by Crippen LogP contribution is -2.34. The van der Waals surface area contributed by atoms with Gasteiger partial charge in [-0.2, -0.15) is 0 Å². The van der Waals surface area contributed by atoms with Crippen LogP contribution in [0.4, 0.5) is 0 Å². The van der Waals surface area contributed by atoms with Crippen LogP contribution in [-0.2, 0) is 16.6 Å². The minimum absolute atomic E-state index is 0.340. The highest BCUT2D eigenvalue weighted by Crippen LogP contribution is 2.24. The molecule has 2 N–H and O–H groups in total. The third kappa shape index (κ3) is 5.07. The summed E-state index contributed by atoms with van der Waals surface area (Å²) in [6.07, 6.45) is 2.46. The molecule has 1 fully saturated rings. The monoisotopic (exact) mass is 311 g/mol. The Kier molecular flexibility index (Phi) is 5.75. The summed E-state index contributed by atoms with van der Waals surface area (Å²) in [4.78, 5) is 2.55. The molecule has 0 aliphatic heterocycles. The number of benzene rings is 1. The first-order valence-electron chi connectivity index (χ1n) is 7.52. The summed E-state index contributed by atoms with van der Waals surface area (Å²) in [5.74, 6) is 0. The zero-order valence-corrected chi connectivity index (χ0v) is 13.6. The Bertz CT molecular complexity index is 556. The van der Waals surface area contributed by atoms with Gasteiger partial charge in [-0.25, -0.2) is 13.1 Å². The number of sulfonamides is 1. The largest absolute Gasteiger partial charge is 0.313 e. The Labute approximate surface area is 127 Å². The van der Waals surface area contributed by atoms with E-state index in [4.69, 9.17) is 0 Å². The van der Waals surface area contributed by atoms with Gasteiger partial charge in [0.15, 0.2) is 0 Å². The van der Waals surface area contributed by atoms with Crippen molar-refractivity contribution in [2.45, 2.75) is 37.2 Å². The smallest absolute Gasteiger partial charge is 0.240 e. The fraction of sp³-hybridized carbons (Fsp3) is 0.600. The molecular weight excluding hydrogens is 286 g/mol. The fourth-order valence-electron chi connectivity index (χ4n) is 2.23. The van der Waals surface area contributed by atoms with Gasteiger partial charge in [-0.05, 0) is 44.1 Å². The molecule has 6 heteroatoms. The van der Waals surface area contributed by atoms with Crippen molar-refractivity contribution in [2.75, 3.05) is 26.7 Å². The summed E-state index contributed by atoms with van der Waals surface area (Å²) in [5, 5.41) is 3.20. The quantitative estimate of drug-likeness (QED) is 0.719. The first kappa shape index (κ1) is 16.4. The molecule has 118 valence electrons. The molecule has 5 nitrogen and oxygen atoms in total. The maximum Gasteiger partial charge on any atom is 0.240 e. The number of hydrogen-bond acceptors (Lipinski definition) is 4. The highest BCUT2D eigenvalue weighted by Gasteiger charge is 2.25. The molecule has 0 heterocycles. The average Bonchev–Trinajstić information content (AvgIpc) is 3.30. The Balaban J connectivity index is 1.91. The Morgan fingerprint density at radius 3 is 2.76 bits per heavy atom. The lowest BCUT2D eigenvalue weighted by molar-refractivity contribution is 0.329. The van der Waals surface area contributed by atoms with Crippen LogP contribution in [0.2, 0.25) is 0 Å². The summed E-state index contributed by atoms with van der Waals surface area (Å²) in [6.45, 7) is 4.78. The van der Waals surface area contributed by atoms with E-state index in [1.54, 1.807) is 18.2 Å². The first-order chi connectivity index (χ1) is 10.0. The summed E-state index contributed by atoms with van der Waals surface area (Å²) in [6, 6.07) is 7.75. The van der Waals surface area contributed by atoms with E-state index in [9.17, 15) is 8.42 Å². The molecule has 0 unspecified atom stereocenters. The second-order valence-electron chi connectivity index (χ2n) is 5.54. The summed E-state index contributed by atoms with van der Waals surface area (Å²) in [5.41, 5.74) is 0.981. The van der Waals surface area contributed by atoms with Crippen LogP contribution in [0, 0.1) is 0 Å². The second-order valence-corrected chi connectivity index (χ2v) is 7.30. The molecule has 1 aromatic rings. The van der Waals surface area contributed by atoms with Crippen LogP contribution in [0.1, 0.15) is 25.3 Å². The standard InChI is InChI=1S/C15H25N3O2S/c1-3-16-12-13-5-4-6-15(11-13)21(19,20)17-9-10-18(2)14-7-8-14/h4-6,11,14,16-17H,3,7-10,12H2,1-2H3. The van der Waals surface area contributed by atoms with Gasteiger partial charge in [0.2, 0.25) is 10.0 Å². The minimum atomic E-state index is -3.41. The molecule has 1 aliphatic rings. The van der Waals surface area contributed by atoms with Crippen molar-refractivity contribution in [3.63, 3.8) is 0 Å². The Morgan fingerprint density at radius 1 is 1.33 bits per heavy atom. The normalized spacial score (nSPS) is 15.6. The van der Waals surface area contributed by atoms with Crippen molar-refractivity contribution < 1.29 is 8.42 Å². The lowest BCUT2D eigenvalue weighted by Gasteiger charge is -2.16. The van der Waals surface area contributed by atoms with Gasteiger partial charge in [0.1, 0.15) is 0 Å². The molecule has 2 rings (SSSR count). The molecule has 0 amide bonds. The molecule has 0 bridgehead atoms. The van der Waals surface area contributed by atoms with Gasteiger partial charge in [-0.15, -0.1) is 0 Å². The van der Waals surface area contributed by atoms with Crippen LogP contribution in [0.15, 0.2) is 29.2 Å². The number of likely N-dealkylation sites (N-methyl/N-ethyl adjacent to an activating group) is 1. The van der Waals surface area contributed by atoms with Gasteiger partial charge < -0.3 is 10.2 Å². The van der Waals surface area contributed by atoms with Crippen LogP contribution < -0.4 is 10.0 Å². The van der Waals surface area contributed by atoms with Crippen molar-refractivity contribution in [1.29, 1.82) is 0 Å². The first-order valence-corrected chi connectivity index (χ1v) is 9.01. The van der Waals surface area contributed by atoms with Crippen molar-refractivity contribution in [3.8, 4) is 0 Å². The van der Waals surface area contributed by atoms with E-state index >= 15 is 0 Å². The predicted octanol–water partition coefficient (Wildman–Crippen LogP) is 1.17. The van der Waals surface area contributed by atoms with Gasteiger partial charge in [0.05, 0.1) is 4.90 Å².